The highest BCUT2D eigenvalue weighted by molar-refractivity contribution is 7.13. The van der Waals surface area contributed by atoms with Gasteiger partial charge in [0.15, 0.2) is 0 Å². The molecule has 0 aliphatic carbocycles. The summed E-state index contributed by atoms with van der Waals surface area (Å²) in [6.45, 7) is 1.97. The van der Waals surface area contributed by atoms with Crippen LogP contribution in [0.15, 0.2) is 23.7 Å². The maximum absolute atomic E-state index is 5.77. The molecule has 0 saturated heterocycles. The highest BCUT2D eigenvalue weighted by atomic mass is 35.5. The number of hydrogen-bond acceptors (Lipinski definition) is 3. The summed E-state index contributed by atoms with van der Waals surface area (Å²) in [5.74, 6) is 0. The van der Waals surface area contributed by atoms with Crippen LogP contribution in [0.25, 0.3) is 10.6 Å². The molecule has 0 spiro atoms. The van der Waals surface area contributed by atoms with E-state index in [9.17, 15) is 0 Å². The number of thiazole rings is 1. The maximum atomic E-state index is 5.77. The van der Waals surface area contributed by atoms with Gasteiger partial charge in [0.2, 0.25) is 0 Å². The van der Waals surface area contributed by atoms with E-state index in [-0.39, 0.29) is 0 Å². The molecule has 66 valence electrons. The smallest absolute Gasteiger partial charge is 0.129 e. The molecule has 0 N–H and O–H groups in total. The van der Waals surface area contributed by atoms with Gasteiger partial charge in [0.05, 0.1) is 0 Å². The van der Waals surface area contributed by atoms with Crippen molar-refractivity contribution in [1.29, 1.82) is 0 Å². The van der Waals surface area contributed by atoms with Crippen LogP contribution < -0.4 is 0 Å². The van der Waals surface area contributed by atoms with Crippen molar-refractivity contribution < 1.29 is 0 Å². The number of aromatic nitrogens is 2. The van der Waals surface area contributed by atoms with E-state index >= 15 is 0 Å². The Morgan fingerprint density at radius 2 is 2.31 bits per heavy atom. The van der Waals surface area contributed by atoms with Crippen LogP contribution in [0.2, 0.25) is 5.15 Å². The molecular weight excluding hydrogens is 204 g/mol. The van der Waals surface area contributed by atoms with E-state index in [2.05, 4.69) is 9.97 Å². The van der Waals surface area contributed by atoms with Crippen LogP contribution in [0, 0.1) is 6.92 Å². The van der Waals surface area contributed by atoms with E-state index in [0.717, 1.165) is 16.3 Å². The summed E-state index contributed by atoms with van der Waals surface area (Å²) in [5.41, 5.74) is 2.06. The van der Waals surface area contributed by atoms with Crippen molar-refractivity contribution in [2.45, 2.75) is 6.92 Å². The number of aryl methyl sites for hydroxylation is 1. The van der Waals surface area contributed by atoms with Gasteiger partial charge in [-0.1, -0.05) is 11.6 Å². The third-order valence-corrected chi connectivity index (χ3v) is 2.81. The summed E-state index contributed by atoms with van der Waals surface area (Å²) >= 11 is 7.38. The molecule has 2 aromatic heterocycles. The molecule has 0 aromatic carbocycles. The van der Waals surface area contributed by atoms with Crippen LogP contribution in [-0.4, -0.2) is 9.97 Å². The van der Waals surface area contributed by atoms with Gasteiger partial charge in [0, 0.05) is 22.8 Å². The third kappa shape index (κ3) is 1.87. The van der Waals surface area contributed by atoms with Crippen molar-refractivity contribution in [2.75, 3.05) is 0 Å². The summed E-state index contributed by atoms with van der Waals surface area (Å²) in [6, 6.07) is 3.73. The third-order valence-electron chi connectivity index (χ3n) is 1.59. The number of halogens is 1. The fourth-order valence-electron chi connectivity index (χ4n) is 1.02. The minimum atomic E-state index is 0.505. The number of rotatable bonds is 1. The summed E-state index contributed by atoms with van der Waals surface area (Å²) in [5, 5.41) is 3.51. The lowest BCUT2D eigenvalue weighted by atomic mass is 10.3. The van der Waals surface area contributed by atoms with Gasteiger partial charge in [-0.15, -0.1) is 11.3 Å². The van der Waals surface area contributed by atoms with Gasteiger partial charge in [-0.05, 0) is 19.1 Å². The quantitative estimate of drug-likeness (QED) is 0.676. The van der Waals surface area contributed by atoms with Crippen LogP contribution >= 0.6 is 22.9 Å². The van der Waals surface area contributed by atoms with E-state index in [1.54, 1.807) is 17.5 Å². The Kier molecular flexibility index (Phi) is 2.29. The molecule has 0 amide bonds. The first-order valence-electron chi connectivity index (χ1n) is 3.80. The highest BCUT2D eigenvalue weighted by Crippen LogP contribution is 2.24. The fraction of sp³-hybridized carbons (Fsp3) is 0.111. The van der Waals surface area contributed by atoms with Gasteiger partial charge in [-0.2, -0.15) is 0 Å². The number of pyridine rings is 1. The summed E-state index contributed by atoms with van der Waals surface area (Å²) in [4.78, 5) is 8.27. The molecule has 2 aromatic rings. The average molecular weight is 211 g/mol. The minimum Gasteiger partial charge on any atom is -0.245 e. The Morgan fingerprint density at radius 1 is 1.46 bits per heavy atom. The summed E-state index contributed by atoms with van der Waals surface area (Å²) in [6.07, 6.45) is 1.69. The number of nitrogens with zero attached hydrogens (tertiary/aromatic N) is 2. The lowest BCUT2D eigenvalue weighted by Crippen LogP contribution is -1.79. The molecule has 0 aliphatic rings. The van der Waals surface area contributed by atoms with Gasteiger partial charge >= 0.3 is 0 Å². The molecular formula is C9H7ClN2S. The predicted octanol–water partition coefficient (Wildman–Crippen LogP) is 3.17. The molecule has 0 unspecified atom stereocenters. The van der Waals surface area contributed by atoms with Crippen molar-refractivity contribution in [2.24, 2.45) is 0 Å². The topological polar surface area (TPSA) is 25.8 Å². The van der Waals surface area contributed by atoms with E-state index in [4.69, 9.17) is 11.6 Å². The molecule has 13 heavy (non-hydrogen) atoms. The largest absolute Gasteiger partial charge is 0.245 e. The van der Waals surface area contributed by atoms with Crippen molar-refractivity contribution in [3.8, 4) is 10.6 Å². The van der Waals surface area contributed by atoms with Crippen molar-refractivity contribution in [3.63, 3.8) is 0 Å². The van der Waals surface area contributed by atoms with Crippen LogP contribution in [0.4, 0.5) is 0 Å². The van der Waals surface area contributed by atoms with Crippen molar-refractivity contribution in [3.05, 3.63) is 34.6 Å². The monoisotopic (exact) mass is 210 g/mol. The van der Waals surface area contributed by atoms with Crippen LogP contribution in [0.1, 0.15) is 5.69 Å². The second-order valence-electron chi connectivity index (χ2n) is 2.66. The molecule has 2 heterocycles. The van der Waals surface area contributed by atoms with Gasteiger partial charge in [-0.3, -0.25) is 0 Å². The van der Waals surface area contributed by atoms with Crippen LogP contribution in [0.3, 0.4) is 0 Å². The van der Waals surface area contributed by atoms with Gasteiger partial charge in [0.25, 0.3) is 0 Å². The van der Waals surface area contributed by atoms with E-state index in [0.29, 0.717) is 5.15 Å². The SMILES string of the molecule is Cc1csc(-c2ccnc(Cl)c2)n1. The molecule has 0 saturated carbocycles. The Balaban J connectivity index is 2.46. The van der Waals surface area contributed by atoms with Gasteiger partial charge in [0.1, 0.15) is 10.2 Å². The zero-order valence-corrected chi connectivity index (χ0v) is 8.56. The maximum Gasteiger partial charge on any atom is 0.129 e. The van der Waals surface area contributed by atoms with Gasteiger partial charge < -0.3 is 0 Å². The average Bonchev–Trinajstić information content (AvgIpc) is 2.52. The molecule has 2 rings (SSSR count). The predicted molar refractivity (Wildman–Crippen MR) is 55.1 cm³/mol. The van der Waals surface area contributed by atoms with Crippen LogP contribution in [-0.2, 0) is 0 Å². The molecule has 0 bridgehead atoms. The zero-order chi connectivity index (χ0) is 9.26. The fourth-order valence-corrected chi connectivity index (χ4v) is 1.99. The first kappa shape index (κ1) is 8.66. The Bertz CT molecular complexity index is 425. The van der Waals surface area contributed by atoms with E-state index in [1.807, 2.05) is 24.4 Å². The second kappa shape index (κ2) is 3.44. The summed E-state index contributed by atoms with van der Waals surface area (Å²) in [7, 11) is 0. The second-order valence-corrected chi connectivity index (χ2v) is 3.91. The van der Waals surface area contributed by atoms with Gasteiger partial charge in [-0.25, -0.2) is 9.97 Å². The Hall–Kier alpha value is -0.930. The zero-order valence-electron chi connectivity index (χ0n) is 6.99. The first-order chi connectivity index (χ1) is 6.25. The molecule has 0 aliphatic heterocycles. The van der Waals surface area contributed by atoms with E-state index < -0.39 is 0 Å². The summed E-state index contributed by atoms with van der Waals surface area (Å²) < 4.78 is 0. The lowest BCUT2D eigenvalue weighted by molar-refractivity contribution is 1.26. The Labute approximate surface area is 85.2 Å². The van der Waals surface area contributed by atoms with E-state index in [1.165, 1.54) is 0 Å². The molecule has 0 radical (unpaired) electrons. The molecule has 0 atom stereocenters. The minimum absolute atomic E-state index is 0.505. The molecule has 4 heteroatoms. The van der Waals surface area contributed by atoms with Crippen molar-refractivity contribution in [1.82, 2.24) is 9.97 Å². The van der Waals surface area contributed by atoms with Crippen molar-refractivity contribution >= 4 is 22.9 Å². The van der Waals surface area contributed by atoms with Crippen LogP contribution in [0.5, 0.6) is 0 Å². The Morgan fingerprint density at radius 3 is 2.92 bits per heavy atom. The number of hydrogen-bond donors (Lipinski definition) is 0. The normalized spacial score (nSPS) is 10.3. The lowest BCUT2D eigenvalue weighted by Gasteiger charge is -1.94. The molecule has 2 nitrogen and oxygen atoms in total. The molecule has 0 fully saturated rings. The highest BCUT2D eigenvalue weighted by Gasteiger charge is 2.02. The standard InChI is InChI=1S/C9H7ClN2S/c1-6-5-13-9(12-6)7-2-3-11-8(10)4-7/h2-5H,1H3. The first-order valence-corrected chi connectivity index (χ1v) is 5.05.